The molecule has 0 bridgehead atoms. The van der Waals surface area contributed by atoms with Gasteiger partial charge in [0, 0.05) is 5.56 Å². The van der Waals surface area contributed by atoms with Crippen LogP contribution in [-0.2, 0) is 5.54 Å². The molecule has 0 spiro atoms. The number of benzene rings is 3. The molecule has 3 nitrogen and oxygen atoms in total. The summed E-state index contributed by atoms with van der Waals surface area (Å²) in [6.07, 6.45) is 2.36. The van der Waals surface area contributed by atoms with Crippen molar-refractivity contribution in [3.05, 3.63) is 118 Å². The number of hydrogen-bond acceptors (Lipinski definition) is 2. The predicted molar refractivity (Wildman–Crippen MR) is 133 cm³/mol. The van der Waals surface area contributed by atoms with E-state index < -0.39 is 0 Å². The van der Waals surface area contributed by atoms with E-state index >= 15 is 0 Å². The molecule has 1 atom stereocenters. The van der Waals surface area contributed by atoms with Crippen LogP contribution in [0.3, 0.4) is 0 Å². The van der Waals surface area contributed by atoms with Crippen molar-refractivity contribution in [3.63, 3.8) is 0 Å². The Morgan fingerprint density at radius 1 is 0.719 bits per heavy atom. The van der Waals surface area contributed by atoms with Crippen LogP contribution in [0.2, 0.25) is 0 Å². The van der Waals surface area contributed by atoms with Crippen molar-refractivity contribution in [1.29, 1.82) is 0 Å². The minimum absolute atomic E-state index is 0.365. The van der Waals surface area contributed by atoms with Crippen molar-refractivity contribution >= 4 is 11.4 Å². The molecule has 3 heteroatoms. The van der Waals surface area contributed by atoms with E-state index in [0.29, 0.717) is 0 Å². The fourth-order valence-corrected chi connectivity index (χ4v) is 4.50. The molecule has 3 aromatic carbocycles. The van der Waals surface area contributed by atoms with Gasteiger partial charge in [-0.1, -0.05) is 77.4 Å². The number of rotatable bonds is 3. The van der Waals surface area contributed by atoms with Gasteiger partial charge in [-0.05, 0) is 69.5 Å². The van der Waals surface area contributed by atoms with Crippen molar-refractivity contribution in [2.75, 3.05) is 5.32 Å². The maximum absolute atomic E-state index is 4.97. The normalized spacial score (nSPS) is 17.5. The van der Waals surface area contributed by atoms with Gasteiger partial charge in [0.1, 0.15) is 5.82 Å². The Bertz CT molecular complexity index is 1310. The first-order chi connectivity index (χ1) is 15.3. The fourth-order valence-electron chi connectivity index (χ4n) is 4.50. The van der Waals surface area contributed by atoms with E-state index in [4.69, 9.17) is 5.10 Å². The minimum atomic E-state index is -0.365. The largest absolute Gasteiger partial charge is 0.357 e. The SMILES string of the molecule is Cc1ccc(C2=C[C@](C)(c3ccc(C)cc3)Nc3c2c(C)nn3-c2ccc(C)cc2)cc1. The highest BCUT2D eigenvalue weighted by Gasteiger charge is 2.35. The molecule has 160 valence electrons. The van der Waals surface area contributed by atoms with Crippen molar-refractivity contribution in [2.45, 2.75) is 40.2 Å². The number of aromatic nitrogens is 2. The third-order valence-electron chi connectivity index (χ3n) is 6.43. The van der Waals surface area contributed by atoms with E-state index in [9.17, 15) is 0 Å². The summed E-state index contributed by atoms with van der Waals surface area (Å²) in [6, 6.07) is 26.1. The van der Waals surface area contributed by atoms with Gasteiger partial charge in [0.05, 0.1) is 16.9 Å². The molecule has 1 aromatic heterocycles. The molecule has 0 amide bonds. The number of fused-ring (bicyclic) bond motifs is 1. The summed E-state index contributed by atoms with van der Waals surface area (Å²) in [6.45, 7) is 10.7. The average Bonchev–Trinajstić information content (AvgIpc) is 3.10. The summed E-state index contributed by atoms with van der Waals surface area (Å²) in [7, 11) is 0. The zero-order chi connectivity index (χ0) is 22.5. The molecule has 0 radical (unpaired) electrons. The van der Waals surface area contributed by atoms with Gasteiger partial charge < -0.3 is 5.32 Å². The summed E-state index contributed by atoms with van der Waals surface area (Å²) in [5.74, 6) is 1.03. The fraction of sp³-hybridized carbons (Fsp3) is 0.207. The minimum Gasteiger partial charge on any atom is -0.357 e. The second-order valence-corrected chi connectivity index (χ2v) is 9.17. The molecular weight excluding hydrogens is 390 g/mol. The first-order valence-corrected chi connectivity index (χ1v) is 11.2. The Morgan fingerprint density at radius 3 is 1.84 bits per heavy atom. The predicted octanol–water partition coefficient (Wildman–Crippen LogP) is 6.88. The van der Waals surface area contributed by atoms with Crippen molar-refractivity contribution in [1.82, 2.24) is 9.78 Å². The third-order valence-corrected chi connectivity index (χ3v) is 6.43. The van der Waals surface area contributed by atoms with Gasteiger partial charge in [-0.15, -0.1) is 0 Å². The maximum Gasteiger partial charge on any atom is 0.138 e. The van der Waals surface area contributed by atoms with E-state index in [-0.39, 0.29) is 5.54 Å². The van der Waals surface area contributed by atoms with E-state index in [1.807, 2.05) is 0 Å². The Hall–Kier alpha value is -3.59. The van der Waals surface area contributed by atoms with Crippen LogP contribution in [-0.4, -0.2) is 9.78 Å². The quantitative estimate of drug-likeness (QED) is 0.392. The number of nitrogens with zero attached hydrogens (tertiary/aromatic N) is 2. The average molecular weight is 420 g/mol. The number of hydrogen-bond donors (Lipinski definition) is 1. The molecule has 5 rings (SSSR count). The summed E-state index contributed by atoms with van der Waals surface area (Å²) in [4.78, 5) is 0. The van der Waals surface area contributed by atoms with Gasteiger partial charge in [0.25, 0.3) is 0 Å². The van der Waals surface area contributed by atoms with Gasteiger partial charge in [-0.25, -0.2) is 4.68 Å². The van der Waals surface area contributed by atoms with Crippen LogP contribution in [0.15, 0.2) is 78.9 Å². The molecule has 0 saturated carbocycles. The van der Waals surface area contributed by atoms with Gasteiger partial charge >= 0.3 is 0 Å². The van der Waals surface area contributed by atoms with E-state index in [0.717, 1.165) is 17.2 Å². The van der Waals surface area contributed by atoms with Crippen LogP contribution in [0.4, 0.5) is 5.82 Å². The molecule has 0 aliphatic carbocycles. The Kier molecular flexibility index (Phi) is 4.78. The molecule has 1 aliphatic heterocycles. The Morgan fingerprint density at radius 2 is 1.25 bits per heavy atom. The molecular formula is C29H29N3. The second kappa shape index (κ2) is 7.52. The Balaban J connectivity index is 1.74. The number of anilines is 1. The van der Waals surface area contributed by atoms with Crippen LogP contribution in [0.1, 0.15) is 46.0 Å². The lowest BCUT2D eigenvalue weighted by molar-refractivity contribution is 0.671. The van der Waals surface area contributed by atoms with E-state index in [1.165, 1.54) is 39.0 Å². The van der Waals surface area contributed by atoms with Crippen molar-refractivity contribution < 1.29 is 0 Å². The molecule has 0 unspecified atom stereocenters. The lowest BCUT2D eigenvalue weighted by Crippen LogP contribution is -2.34. The molecule has 4 aromatic rings. The lowest BCUT2D eigenvalue weighted by atomic mass is 9.82. The van der Waals surface area contributed by atoms with Crippen molar-refractivity contribution in [3.8, 4) is 5.69 Å². The molecule has 1 N–H and O–H groups in total. The van der Waals surface area contributed by atoms with Gasteiger partial charge in [-0.3, -0.25) is 0 Å². The van der Waals surface area contributed by atoms with Crippen molar-refractivity contribution in [2.24, 2.45) is 0 Å². The monoisotopic (exact) mass is 419 g/mol. The summed E-state index contributed by atoms with van der Waals surface area (Å²) in [5, 5.41) is 8.82. The van der Waals surface area contributed by atoms with Gasteiger partial charge in [0.2, 0.25) is 0 Å². The molecule has 2 heterocycles. The first kappa shape index (κ1) is 20.3. The van der Waals surface area contributed by atoms with E-state index in [1.54, 1.807) is 0 Å². The summed E-state index contributed by atoms with van der Waals surface area (Å²) < 4.78 is 2.05. The number of nitrogens with one attached hydrogen (secondary N) is 1. The second-order valence-electron chi connectivity index (χ2n) is 9.17. The highest BCUT2D eigenvalue weighted by Crippen LogP contribution is 2.44. The summed E-state index contributed by atoms with van der Waals surface area (Å²) >= 11 is 0. The van der Waals surface area contributed by atoms with Gasteiger partial charge in [0.15, 0.2) is 0 Å². The van der Waals surface area contributed by atoms with Crippen LogP contribution in [0.5, 0.6) is 0 Å². The van der Waals surface area contributed by atoms with Crippen LogP contribution >= 0.6 is 0 Å². The molecule has 32 heavy (non-hydrogen) atoms. The van der Waals surface area contributed by atoms with Gasteiger partial charge in [-0.2, -0.15) is 5.10 Å². The maximum atomic E-state index is 4.97. The van der Waals surface area contributed by atoms with Crippen LogP contribution < -0.4 is 5.32 Å². The Labute approximate surface area is 190 Å². The standard InChI is InChI=1S/C29H29N3/c1-19-6-12-23(13-7-19)26-18-29(5,24-14-8-20(2)9-15-24)30-28-27(26)22(4)31-32(28)25-16-10-21(3)11-17-25/h6-18,30H,1-5H3/t29-/m1/s1. The third kappa shape index (κ3) is 3.44. The van der Waals surface area contributed by atoms with Crippen LogP contribution in [0, 0.1) is 27.7 Å². The molecule has 1 aliphatic rings. The highest BCUT2D eigenvalue weighted by molar-refractivity contribution is 5.90. The molecule has 0 saturated heterocycles. The topological polar surface area (TPSA) is 29.9 Å². The zero-order valence-corrected chi connectivity index (χ0v) is 19.4. The number of aryl methyl sites for hydroxylation is 4. The summed E-state index contributed by atoms with van der Waals surface area (Å²) in [5.41, 5.74) is 10.3. The lowest BCUT2D eigenvalue weighted by Gasteiger charge is -2.35. The molecule has 0 fully saturated rings. The van der Waals surface area contributed by atoms with Crippen LogP contribution in [0.25, 0.3) is 11.3 Å². The zero-order valence-electron chi connectivity index (χ0n) is 19.4. The highest BCUT2D eigenvalue weighted by atomic mass is 15.3. The first-order valence-electron chi connectivity index (χ1n) is 11.2. The smallest absolute Gasteiger partial charge is 0.138 e. The van der Waals surface area contributed by atoms with E-state index in [2.05, 4.69) is 123 Å².